The van der Waals surface area contributed by atoms with E-state index in [9.17, 15) is 9.59 Å². The van der Waals surface area contributed by atoms with Gasteiger partial charge in [0.05, 0.1) is 24.5 Å². The maximum Gasteiger partial charge on any atom is 0.343 e. The molecule has 0 spiro atoms. The molecule has 0 saturated carbocycles. The van der Waals surface area contributed by atoms with E-state index >= 15 is 0 Å². The quantitative estimate of drug-likeness (QED) is 0.246. The Morgan fingerprint density at radius 2 is 1.80 bits per heavy atom. The molecule has 0 aliphatic rings. The van der Waals surface area contributed by atoms with Crippen LogP contribution in [0.2, 0.25) is 0 Å². The number of hydrogen-bond donors (Lipinski definition) is 1. The van der Waals surface area contributed by atoms with E-state index < -0.39 is 11.9 Å². The number of aryl methyl sites for hydroxylation is 1. The maximum absolute atomic E-state index is 12.4. The van der Waals surface area contributed by atoms with Crippen molar-refractivity contribution in [3.05, 3.63) is 93.5 Å². The Bertz CT molecular complexity index is 1090. The van der Waals surface area contributed by atoms with Crippen molar-refractivity contribution in [1.29, 1.82) is 0 Å². The fourth-order valence-electron chi connectivity index (χ4n) is 2.60. The van der Waals surface area contributed by atoms with Gasteiger partial charge in [-0.15, -0.1) is 0 Å². The number of nitrogens with one attached hydrogen (secondary N) is 1. The molecule has 7 heteroatoms. The van der Waals surface area contributed by atoms with Crippen molar-refractivity contribution in [1.82, 2.24) is 5.43 Å². The molecule has 0 fully saturated rings. The van der Waals surface area contributed by atoms with Crippen LogP contribution in [0.4, 0.5) is 0 Å². The van der Waals surface area contributed by atoms with E-state index in [2.05, 4.69) is 26.5 Å². The topological polar surface area (TPSA) is 77.0 Å². The standard InChI is InChI=1S/C23H19BrN2O4/c1-15-6-8-17(9-7-15)23(28)30-19-5-3-4-16(12-19)14-25-26-22(27)20-13-18(24)10-11-21(20)29-2/h3-14H,1-2H3,(H,26,27)/b25-14-. The first kappa shape index (κ1) is 21.3. The summed E-state index contributed by atoms with van der Waals surface area (Å²) in [5, 5.41) is 3.98. The Labute approximate surface area is 182 Å². The van der Waals surface area contributed by atoms with Crippen LogP contribution in [0.1, 0.15) is 31.8 Å². The third-order valence-electron chi connectivity index (χ3n) is 4.14. The van der Waals surface area contributed by atoms with Gasteiger partial charge >= 0.3 is 5.97 Å². The molecule has 0 saturated heterocycles. The van der Waals surface area contributed by atoms with Gasteiger partial charge in [0.25, 0.3) is 5.91 Å². The lowest BCUT2D eigenvalue weighted by molar-refractivity contribution is 0.0734. The van der Waals surface area contributed by atoms with Crippen molar-refractivity contribution in [3.8, 4) is 11.5 Å². The zero-order valence-corrected chi connectivity index (χ0v) is 18.0. The second-order valence-corrected chi connectivity index (χ2v) is 7.29. The van der Waals surface area contributed by atoms with Gasteiger partial charge in [-0.1, -0.05) is 45.8 Å². The molecule has 0 aromatic heterocycles. The molecular weight excluding hydrogens is 448 g/mol. The fourth-order valence-corrected chi connectivity index (χ4v) is 2.96. The van der Waals surface area contributed by atoms with Crippen LogP contribution >= 0.6 is 15.9 Å². The molecule has 0 aliphatic carbocycles. The molecule has 3 rings (SSSR count). The predicted molar refractivity (Wildman–Crippen MR) is 118 cm³/mol. The highest BCUT2D eigenvalue weighted by atomic mass is 79.9. The second-order valence-electron chi connectivity index (χ2n) is 6.37. The summed E-state index contributed by atoms with van der Waals surface area (Å²) in [4.78, 5) is 24.6. The Morgan fingerprint density at radius 3 is 2.53 bits per heavy atom. The van der Waals surface area contributed by atoms with E-state index in [-0.39, 0.29) is 0 Å². The van der Waals surface area contributed by atoms with E-state index in [1.807, 2.05) is 19.1 Å². The number of carbonyl (C=O) groups excluding carboxylic acids is 2. The first-order chi connectivity index (χ1) is 14.5. The van der Waals surface area contributed by atoms with E-state index in [0.717, 1.165) is 10.0 Å². The molecule has 30 heavy (non-hydrogen) atoms. The van der Waals surface area contributed by atoms with Crippen molar-refractivity contribution in [2.75, 3.05) is 7.11 Å². The van der Waals surface area contributed by atoms with Crippen LogP contribution in [0.3, 0.4) is 0 Å². The molecule has 0 unspecified atom stereocenters. The van der Waals surface area contributed by atoms with E-state index in [4.69, 9.17) is 9.47 Å². The lowest BCUT2D eigenvalue weighted by Gasteiger charge is -2.07. The van der Waals surface area contributed by atoms with Gasteiger partial charge in [-0.05, 0) is 55.0 Å². The smallest absolute Gasteiger partial charge is 0.343 e. The van der Waals surface area contributed by atoms with Gasteiger partial charge < -0.3 is 9.47 Å². The Hall–Kier alpha value is -3.45. The number of ether oxygens (including phenoxy) is 2. The molecule has 6 nitrogen and oxygen atoms in total. The molecule has 1 N–H and O–H groups in total. The van der Waals surface area contributed by atoms with Gasteiger partial charge in [0.1, 0.15) is 11.5 Å². The fraction of sp³-hybridized carbons (Fsp3) is 0.0870. The third-order valence-corrected chi connectivity index (χ3v) is 4.64. The number of hydrogen-bond acceptors (Lipinski definition) is 5. The number of benzene rings is 3. The normalized spacial score (nSPS) is 10.6. The van der Waals surface area contributed by atoms with Gasteiger partial charge in [0.15, 0.2) is 0 Å². The number of amides is 1. The highest BCUT2D eigenvalue weighted by Gasteiger charge is 2.12. The number of methoxy groups -OCH3 is 1. The molecule has 1 amide bonds. The Morgan fingerprint density at radius 1 is 1.03 bits per heavy atom. The van der Waals surface area contributed by atoms with Crippen LogP contribution in [-0.2, 0) is 0 Å². The molecule has 0 bridgehead atoms. The summed E-state index contributed by atoms with van der Waals surface area (Å²) >= 11 is 3.33. The number of nitrogens with zero attached hydrogens (tertiary/aromatic N) is 1. The number of esters is 1. The number of carbonyl (C=O) groups is 2. The minimum atomic E-state index is -0.445. The van der Waals surface area contributed by atoms with Gasteiger partial charge in [0, 0.05) is 4.47 Å². The summed E-state index contributed by atoms with van der Waals surface area (Å²) < 4.78 is 11.4. The van der Waals surface area contributed by atoms with Gasteiger partial charge in [-0.25, -0.2) is 10.2 Å². The van der Waals surface area contributed by atoms with Crippen LogP contribution in [0.5, 0.6) is 11.5 Å². The largest absolute Gasteiger partial charge is 0.496 e. The Balaban J connectivity index is 1.65. The van der Waals surface area contributed by atoms with Crippen molar-refractivity contribution in [2.45, 2.75) is 6.92 Å². The predicted octanol–water partition coefficient (Wildman–Crippen LogP) is 4.75. The van der Waals surface area contributed by atoms with Crippen molar-refractivity contribution in [2.24, 2.45) is 5.10 Å². The summed E-state index contributed by atoms with van der Waals surface area (Å²) in [6.07, 6.45) is 1.46. The third kappa shape index (κ3) is 5.55. The summed E-state index contributed by atoms with van der Waals surface area (Å²) in [6.45, 7) is 1.95. The number of hydrazone groups is 1. The van der Waals surface area contributed by atoms with Crippen LogP contribution in [0.15, 0.2) is 76.3 Å². The minimum absolute atomic E-state index is 0.352. The lowest BCUT2D eigenvalue weighted by atomic mass is 10.1. The summed E-state index contributed by atoms with van der Waals surface area (Å²) in [7, 11) is 1.49. The lowest BCUT2D eigenvalue weighted by Crippen LogP contribution is -2.18. The van der Waals surface area contributed by atoms with Crippen molar-refractivity contribution in [3.63, 3.8) is 0 Å². The summed E-state index contributed by atoms with van der Waals surface area (Å²) in [6, 6.07) is 19.1. The number of rotatable bonds is 6. The minimum Gasteiger partial charge on any atom is -0.496 e. The SMILES string of the molecule is COc1ccc(Br)cc1C(=O)N/N=C\c1cccc(OC(=O)c2ccc(C)cc2)c1. The second kappa shape index (κ2) is 9.84. The molecule has 0 heterocycles. The molecule has 3 aromatic carbocycles. The molecule has 0 atom stereocenters. The first-order valence-electron chi connectivity index (χ1n) is 9.02. The highest BCUT2D eigenvalue weighted by molar-refractivity contribution is 9.10. The average molecular weight is 467 g/mol. The Kier molecular flexibility index (Phi) is 6.98. The van der Waals surface area contributed by atoms with E-state index in [1.54, 1.807) is 54.6 Å². The van der Waals surface area contributed by atoms with Crippen LogP contribution in [0, 0.1) is 6.92 Å². The maximum atomic E-state index is 12.4. The van der Waals surface area contributed by atoms with Gasteiger partial charge in [-0.2, -0.15) is 5.10 Å². The van der Waals surface area contributed by atoms with Crippen molar-refractivity contribution < 1.29 is 19.1 Å². The van der Waals surface area contributed by atoms with Crippen LogP contribution < -0.4 is 14.9 Å². The van der Waals surface area contributed by atoms with Gasteiger partial charge in [0.2, 0.25) is 0 Å². The summed E-state index contributed by atoms with van der Waals surface area (Å²) in [5.41, 5.74) is 5.00. The van der Waals surface area contributed by atoms with E-state index in [1.165, 1.54) is 13.3 Å². The molecule has 3 aromatic rings. The molecular formula is C23H19BrN2O4. The monoisotopic (exact) mass is 466 g/mol. The number of halogens is 1. The zero-order valence-electron chi connectivity index (χ0n) is 16.4. The van der Waals surface area contributed by atoms with E-state index in [0.29, 0.717) is 28.2 Å². The van der Waals surface area contributed by atoms with Gasteiger partial charge in [-0.3, -0.25) is 4.79 Å². The highest BCUT2D eigenvalue weighted by Crippen LogP contribution is 2.22. The van der Waals surface area contributed by atoms with Crippen LogP contribution in [0.25, 0.3) is 0 Å². The average Bonchev–Trinajstić information content (AvgIpc) is 2.74. The first-order valence-corrected chi connectivity index (χ1v) is 9.81. The van der Waals surface area contributed by atoms with Crippen LogP contribution in [-0.4, -0.2) is 25.2 Å². The zero-order chi connectivity index (χ0) is 21.5. The summed E-state index contributed by atoms with van der Waals surface area (Å²) in [5.74, 6) is -0.0362. The molecule has 0 aliphatic heterocycles. The molecule has 0 radical (unpaired) electrons. The van der Waals surface area contributed by atoms with Crippen molar-refractivity contribution >= 4 is 34.0 Å². The molecule has 152 valence electrons.